The third-order valence-corrected chi connectivity index (χ3v) is 10.0. The Morgan fingerprint density at radius 3 is 2.33 bits per heavy atom. The van der Waals surface area contributed by atoms with Crippen LogP contribution in [0.1, 0.15) is 102 Å². The Bertz CT molecular complexity index is 1280. The molecule has 0 N–H and O–H groups in total. The molecule has 2 aliphatic heterocycles. The Morgan fingerprint density at radius 2 is 1.62 bits per heavy atom. The van der Waals surface area contributed by atoms with E-state index in [-0.39, 0.29) is 36.1 Å². The summed E-state index contributed by atoms with van der Waals surface area (Å²) < 4.78 is 7.11. The van der Waals surface area contributed by atoms with E-state index in [2.05, 4.69) is 10.1 Å². The minimum atomic E-state index is -0.320. The minimum absolute atomic E-state index is 0.114. The molecule has 3 heterocycles. The number of fused-ring (bicyclic) bond motifs is 5. The van der Waals surface area contributed by atoms with Crippen LogP contribution in [0.5, 0.6) is 0 Å². The van der Waals surface area contributed by atoms with Crippen LogP contribution in [-0.2, 0) is 14.4 Å². The van der Waals surface area contributed by atoms with Crippen LogP contribution in [0.2, 0.25) is 0 Å². The lowest BCUT2D eigenvalue weighted by Crippen LogP contribution is -2.58. The van der Waals surface area contributed by atoms with E-state index in [9.17, 15) is 9.59 Å². The van der Waals surface area contributed by atoms with E-state index in [1.807, 2.05) is 28.8 Å². The summed E-state index contributed by atoms with van der Waals surface area (Å²) in [4.78, 5) is 39.1. The normalized spacial score (nSPS) is 30.7. The van der Waals surface area contributed by atoms with Gasteiger partial charge in [0.2, 0.25) is 0 Å². The van der Waals surface area contributed by atoms with E-state index in [0.29, 0.717) is 30.4 Å². The predicted molar refractivity (Wildman–Crippen MR) is 155 cm³/mol. The number of rotatable bonds is 8. The highest BCUT2D eigenvalue weighted by Crippen LogP contribution is 2.47. The van der Waals surface area contributed by atoms with Gasteiger partial charge in [0.15, 0.2) is 5.69 Å². The van der Waals surface area contributed by atoms with Crippen molar-refractivity contribution in [2.24, 2.45) is 17.0 Å². The van der Waals surface area contributed by atoms with Crippen LogP contribution in [0.3, 0.4) is 0 Å². The van der Waals surface area contributed by atoms with Gasteiger partial charge in [0.05, 0.1) is 24.1 Å². The summed E-state index contributed by atoms with van der Waals surface area (Å²) >= 11 is 0. The maximum atomic E-state index is 14.2. The standard InChI is InChI=1S/C32H44N4O4/c1-3-40-30(37)15-14-28(34-39-2)31-32(38)36(29-13-5-4-12-27(29)33-31)26-19-23-10-7-11-24(20-26)35(23)25-17-21-8-6-9-22(16-21)18-25/h4-5,12-13,21-26H,3,6-11,14-20H2,1-2H3/b34-28+/t21?,22?,23-,24?,25?,26?/m1/s1. The van der Waals surface area contributed by atoms with Gasteiger partial charge in [0.25, 0.3) is 5.56 Å². The number of carbonyl (C=O) groups excluding carboxylic acids is 1. The van der Waals surface area contributed by atoms with Crippen molar-refractivity contribution in [3.8, 4) is 0 Å². The molecule has 2 aliphatic carbocycles. The van der Waals surface area contributed by atoms with Gasteiger partial charge < -0.3 is 14.1 Å². The van der Waals surface area contributed by atoms with E-state index in [1.165, 1.54) is 64.9 Å². The second-order valence-corrected chi connectivity index (χ2v) is 12.5. The number of esters is 1. The highest BCUT2D eigenvalue weighted by Gasteiger charge is 2.45. The van der Waals surface area contributed by atoms with E-state index in [0.717, 1.165) is 35.7 Å². The molecule has 2 aromatic rings. The van der Waals surface area contributed by atoms with Gasteiger partial charge in [0.1, 0.15) is 12.8 Å². The summed E-state index contributed by atoms with van der Waals surface area (Å²) in [6, 6.07) is 9.80. The monoisotopic (exact) mass is 548 g/mol. The molecule has 5 atom stereocenters. The van der Waals surface area contributed by atoms with Crippen molar-refractivity contribution in [3.63, 3.8) is 0 Å². The van der Waals surface area contributed by atoms with Crippen LogP contribution in [0.4, 0.5) is 0 Å². The lowest BCUT2D eigenvalue weighted by molar-refractivity contribution is -0.142. The minimum Gasteiger partial charge on any atom is -0.466 e. The van der Waals surface area contributed by atoms with Crippen LogP contribution in [0.15, 0.2) is 34.2 Å². The molecule has 1 aromatic heterocycles. The number of piperidine rings is 2. The molecule has 4 unspecified atom stereocenters. The average Bonchev–Trinajstić information content (AvgIpc) is 2.94. The zero-order chi connectivity index (χ0) is 27.6. The molecular formula is C32H44N4O4. The zero-order valence-electron chi connectivity index (χ0n) is 24.1. The third-order valence-electron chi connectivity index (χ3n) is 10.0. The fraction of sp³-hybridized carbons (Fsp3) is 0.688. The topological polar surface area (TPSA) is 86.0 Å². The van der Waals surface area contributed by atoms with E-state index in [4.69, 9.17) is 14.6 Å². The molecule has 8 nitrogen and oxygen atoms in total. The lowest BCUT2D eigenvalue weighted by Gasteiger charge is -2.55. The van der Waals surface area contributed by atoms with Crippen molar-refractivity contribution in [1.82, 2.24) is 14.5 Å². The fourth-order valence-corrected chi connectivity index (χ4v) is 8.61. The van der Waals surface area contributed by atoms with Crippen LogP contribution in [-0.4, -0.2) is 58.0 Å². The van der Waals surface area contributed by atoms with Crippen LogP contribution in [0, 0.1) is 11.8 Å². The molecule has 1 aromatic carbocycles. The summed E-state index contributed by atoms with van der Waals surface area (Å²) in [6.45, 7) is 2.10. The molecule has 0 amide bonds. The highest BCUT2D eigenvalue weighted by atomic mass is 16.6. The molecule has 4 fully saturated rings. The van der Waals surface area contributed by atoms with Gasteiger partial charge in [-0.2, -0.15) is 0 Å². The molecule has 216 valence electrons. The smallest absolute Gasteiger partial charge is 0.306 e. The third kappa shape index (κ3) is 5.44. The molecular weight excluding hydrogens is 504 g/mol. The molecule has 4 aliphatic rings. The van der Waals surface area contributed by atoms with Crippen LogP contribution >= 0.6 is 0 Å². The largest absolute Gasteiger partial charge is 0.466 e. The Kier molecular flexibility index (Phi) is 8.24. The first-order chi connectivity index (χ1) is 19.6. The summed E-state index contributed by atoms with van der Waals surface area (Å²) in [5, 5.41) is 4.16. The number of aromatic nitrogens is 2. The quantitative estimate of drug-likeness (QED) is 0.242. The summed E-state index contributed by atoms with van der Waals surface area (Å²) in [5.41, 5.74) is 2.18. The highest BCUT2D eigenvalue weighted by molar-refractivity contribution is 6.00. The molecule has 8 heteroatoms. The number of nitrogens with zero attached hydrogens (tertiary/aromatic N) is 4. The Hall–Kier alpha value is -2.74. The fourth-order valence-electron chi connectivity index (χ4n) is 8.61. The second-order valence-electron chi connectivity index (χ2n) is 12.5. The first kappa shape index (κ1) is 27.4. The Morgan fingerprint density at radius 1 is 0.925 bits per heavy atom. The number of benzene rings is 1. The lowest BCUT2D eigenvalue weighted by atomic mass is 9.68. The van der Waals surface area contributed by atoms with Crippen LogP contribution in [0.25, 0.3) is 11.0 Å². The van der Waals surface area contributed by atoms with Crippen molar-refractivity contribution in [1.29, 1.82) is 0 Å². The van der Waals surface area contributed by atoms with Gasteiger partial charge in [-0.15, -0.1) is 0 Å². The van der Waals surface area contributed by atoms with Crippen molar-refractivity contribution < 1.29 is 14.4 Å². The van der Waals surface area contributed by atoms with Crippen molar-refractivity contribution in [2.45, 2.75) is 115 Å². The average molecular weight is 549 g/mol. The second kappa shape index (κ2) is 12.0. The molecule has 40 heavy (non-hydrogen) atoms. The Labute approximate surface area is 237 Å². The number of ether oxygens (including phenoxy) is 1. The molecule has 2 saturated carbocycles. The van der Waals surface area contributed by atoms with Gasteiger partial charge >= 0.3 is 5.97 Å². The first-order valence-electron chi connectivity index (χ1n) is 15.6. The summed E-state index contributed by atoms with van der Waals surface area (Å²) in [7, 11) is 1.46. The van der Waals surface area contributed by atoms with Crippen molar-refractivity contribution in [3.05, 3.63) is 40.3 Å². The summed E-state index contributed by atoms with van der Waals surface area (Å²) in [6.07, 6.45) is 14.5. The number of hydrogen-bond donors (Lipinski definition) is 0. The maximum Gasteiger partial charge on any atom is 0.306 e. The van der Waals surface area contributed by atoms with Crippen LogP contribution < -0.4 is 5.56 Å². The maximum absolute atomic E-state index is 14.2. The summed E-state index contributed by atoms with van der Waals surface area (Å²) in [5.74, 6) is 1.51. The Balaban J connectivity index is 1.32. The SMILES string of the molecule is CCOC(=O)CC/C(=N\OC)c1nc2ccccc2n(C2CC3CCC[C@H](C2)N3C2CC3CCCC(C3)C2)c1=O. The number of oxime groups is 1. The zero-order valence-corrected chi connectivity index (χ0v) is 24.1. The van der Waals surface area contributed by atoms with Crippen molar-refractivity contribution in [2.75, 3.05) is 13.7 Å². The number of hydrogen-bond acceptors (Lipinski definition) is 7. The number of para-hydroxylation sites is 2. The number of carbonyl (C=O) groups is 1. The predicted octanol–water partition coefficient (Wildman–Crippen LogP) is 5.62. The van der Waals surface area contributed by atoms with Gasteiger partial charge in [-0.3, -0.25) is 14.5 Å². The van der Waals surface area contributed by atoms with E-state index < -0.39 is 0 Å². The van der Waals surface area contributed by atoms with Gasteiger partial charge in [0, 0.05) is 30.6 Å². The van der Waals surface area contributed by atoms with E-state index >= 15 is 0 Å². The molecule has 0 radical (unpaired) electrons. The van der Waals surface area contributed by atoms with E-state index in [1.54, 1.807) is 6.92 Å². The van der Waals surface area contributed by atoms with Gasteiger partial charge in [-0.05, 0) is 75.8 Å². The molecule has 0 spiro atoms. The molecule has 6 rings (SSSR count). The molecule has 4 bridgehead atoms. The van der Waals surface area contributed by atoms with Gasteiger partial charge in [-0.1, -0.05) is 43.0 Å². The first-order valence-corrected chi connectivity index (χ1v) is 15.6. The van der Waals surface area contributed by atoms with Gasteiger partial charge in [-0.25, -0.2) is 4.98 Å². The van der Waals surface area contributed by atoms with Crippen molar-refractivity contribution >= 4 is 22.7 Å². The molecule has 2 saturated heterocycles.